The van der Waals surface area contributed by atoms with Crippen LogP contribution < -0.4 is 5.32 Å². The number of carboxylic acid groups (broad SMARTS) is 1. The Morgan fingerprint density at radius 2 is 2.24 bits per heavy atom. The van der Waals surface area contributed by atoms with Crippen LogP contribution in [0.4, 0.5) is 11.4 Å². The summed E-state index contributed by atoms with van der Waals surface area (Å²) in [6.07, 6.45) is 0. The summed E-state index contributed by atoms with van der Waals surface area (Å²) >= 11 is 0. The standard InChI is InChI=1S/C10H12N2O5/c1-6(5-13)11-7-2-3-8(10(14)15)9(4-7)12(16)17/h2-4,6,11,13H,5H2,1H3,(H,14,15). The van der Waals surface area contributed by atoms with Gasteiger partial charge in [0.15, 0.2) is 0 Å². The van der Waals surface area contributed by atoms with Gasteiger partial charge in [-0.3, -0.25) is 10.1 Å². The molecule has 0 aliphatic heterocycles. The lowest BCUT2D eigenvalue weighted by Crippen LogP contribution is -2.19. The number of hydrogen-bond donors (Lipinski definition) is 3. The monoisotopic (exact) mass is 240 g/mol. The van der Waals surface area contributed by atoms with Crippen LogP contribution >= 0.6 is 0 Å². The second-order valence-electron chi connectivity index (χ2n) is 3.52. The van der Waals surface area contributed by atoms with Gasteiger partial charge in [-0.1, -0.05) is 0 Å². The first kappa shape index (κ1) is 12.9. The van der Waals surface area contributed by atoms with Crippen molar-refractivity contribution in [3.63, 3.8) is 0 Å². The van der Waals surface area contributed by atoms with E-state index >= 15 is 0 Å². The minimum Gasteiger partial charge on any atom is -0.477 e. The maximum absolute atomic E-state index is 10.8. The van der Waals surface area contributed by atoms with Crippen molar-refractivity contribution in [2.45, 2.75) is 13.0 Å². The number of carboxylic acids is 1. The van der Waals surface area contributed by atoms with Crippen molar-refractivity contribution in [3.05, 3.63) is 33.9 Å². The number of aliphatic hydroxyl groups excluding tert-OH is 1. The Balaban J connectivity index is 3.10. The second kappa shape index (κ2) is 5.26. The van der Waals surface area contributed by atoms with Crippen LogP contribution in [0.2, 0.25) is 0 Å². The normalized spacial score (nSPS) is 11.9. The molecule has 0 amide bonds. The van der Waals surface area contributed by atoms with E-state index in [4.69, 9.17) is 10.2 Å². The Bertz CT molecular complexity index is 446. The SMILES string of the molecule is CC(CO)Nc1ccc(C(=O)O)c([N+](=O)[O-])c1. The minimum absolute atomic E-state index is 0.130. The molecular formula is C10H12N2O5. The van der Waals surface area contributed by atoms with E-state index in [1.165, 1.54) is 6.07 Å². The topological polar surface area (TPSA) is 113 Å². The summed E-state index contributed by atoms with van der Waals surface area (Å²) in [6, 6.07) is 3.44. The second-order valence-corrected chi connectivity index (χ2v) is 3.52. The molecule has 17 heavy (non-hydrogen) atoms. The zero-order valence-corrected chi connectivity index (χ0v) is 9.08. The van der Waals surface area contributed by atoms with Gasteiger partial charge in [0.1, 0.15) is 5.56 Å². The van der Waals surface area contributed by atoms with Gasteiger partial charge in [0.2, 0.25) is 0 Å². The first-order valence-corrected chi connectivity index (χ1v) is 4.85. The molecule has 0 aliphatic carbocycles. The number of nitrogens with zero attached hydrogens (tertiary/aromatic N) is 1. The van der Waals surface area contributed by atoms with E-state index in [0.29, 0.717) is 5.69 Å². The lowest BCUT2D eigenvalue weighted by Gasteiger charge is -2.12. The van der Waals surface area contributed by atoms with Crippen LogP contribution in [-0.4, -0.2) is 33.8 Å². The molecule has 92 valence electrons. The van der Waals surface area contributed by atoms with Crippen LogP contribution in [-0.2, 0) is 0 Å². The van der Waals surface area contributed by atoms with Crippen molar-refractivity contribution in [1.82, 2.24) is 0 Å². The number of nitro groups is 1. The van der Waals surface area contributed by atoms with Crippen molar-refractivity contribution in [1.29, 1.82) is 0 Å². The zero-order chi connectivity index (χ0) is 13.0. The van der Waals surface area contributed by atoms with Gasteiger partial charge in [-0.05, 0) is 19.1 Å². The summed E-state index contributed by atoms with van der Waals surface area (Å²) in [4.78, 5) is 20.7. The molecule has 0 aromatic heterocycles. The molecule has 0 radical (unpaired) electrons. The first-order chi connectivity index (χ1) is 7.95. The number of nitro benzene ring substituents is 1. The molecule has 7 heteroatoms. The molecule has 1 atom stereocenters. The lowest BCUT2D eigenvalue weighted by molar-refractivity contribution is -0.385. The van der Waals surface area contributed by atoms with Gasteiger partial charge in [0, 0.05) is 17.8 Å². The molecule has 1 aromatic rings. The molecule has 0 aliphatic rings. The fraction of sp³-hybridized carbons (Fsp3) is 0.300. The number of aromatic carboxylic acids is 1. The summed E-state index contributed by atoms with van der Waals surface area (Å²) < 4.78 is 0. The van der Waals surface area contributed by atoms with Gasteiger partial charge in [-0.2, -0.15) is 0 Å². The Labute approximate surface area is 96.8 Å². The maximum atomic E-state index is 10.8. The molecule has 0 spiro atoms. The highest BCUT2D eigenvalue weighted by atomic mass is 16.6. The number of anilines is 1. The average molecular weight is 240 g/mol. The molecule has 0 fully saturated rings. The van der Waals surface area contributed by atoms with Crippen molar-refractivity contribution in [2.24, 2.45) is 0 Å². The number of benzene rings is 1. The molecule has 1 unspecified atom stereocenters. The highest BCUT2D eigenvalue weighted by Gasteiger charge is 2.20. The van der Waals surface area contributed by atoms with Gasteiger partial charge < -0.3 is 15.5 Å². The first-order valence-electron chi connectivity index (χ1n) is 4.85. The van der Waals surface area contributed by atoms with Crippen LogP contribution in [0.1, 0.15) is 17.3 Å². The van der Waals surface area contributed by atoms with Crippen LogP contribution in [0.5, 0.6) is 0 Å². The van der Waals surface area contributed by atoms with Crippen LogP contribution in [0.25, 0.3) is 0 Å². The van der Waals surface area contributed by atoms with Gasteiger partial charge in [-0.25, -0.2) is 4.79 Å². The van der Waals surface area contributed by atoms with E-state index in [0.717, 1.165) is 12.1 Å². The molecule has 0 saturated heterocycles. The van der Waals surface area contributed by atoms with Crippen molar-refractivity contribution in [3.8, 4) is 0 Å². The van der Waals surface area contributed by atoms with E-state index < -0.39 is 16.6 Å². The third kappa shape index (κ3) is 3.15. The summed E-state index contributed by atoms with van der Waals surface area (Å²) in [5.41, 5.74) is -0.451. The fourth-order valence-electron chi connectivity index (χ4n) is 1.28. The van der Waals surface area contributed by atoms with Crippen molar-refractivity contribution < 1.29 is 19.9 Å². The van der Waals surface area contributed by atoms with Gasteiger partial charge >= 0.3 is 5.97 Å². The van der Waals surface area contributed by atoms with Crippen molar-refractivity contribution in [2.75, 3.05) is 11.9 Å². The van der Waals surface area contributed by atoms with E-state index in [9.17, 15) is 14.9 Å². The van der Waals surface area contributed by atoms with Gasteiger partial charge in [-0.15, -0.1) is 0 Å². The summed E-state index contributed by atoms with van der Waals surface area (Å²) in [5.74, 6) is -1.35. The van der Waals surface area contributed by atoms with Gasteiger partial charge in [0.25, 0.3) is 5.69 Å². The molecule has 3 N–H and O–H groups in total. The molecule has 1 aromatic carbocycles. The lowest BCUT2D eigenvalue weighted by atomic mass is 10.1. The number of nitrogens with one attached hydrogen (secondary N) is 1. The molecule has 0 saturated carbocycles. The molecule has 0 heterocycles. The average Bonchev–Trinajstić information content (AvgIpc) is 2.28. The predicted octanol–water partition coefficient (Wildman–Crippen LogP) is 1.09. The summed E-state index contributed by atoms with van der Waals surface area (Å²) in [6.45, 7) is 1.56. The number of carbonyl (C=O) groups is 1. The highest BCUT2D eigenvalue weighted by Crippen LogP contribution is 2.23. The molecular weight excluding hydrogens is 228 g/mol. The Hall–Kier alpha value is -2.15. The highest BCUT2D eigenvalue weighted by molar-refractivity contribution is 5.93. The minimum atomic E-state index is -1.35. The van der Waals surface area contributed by atoms with Crippen molar-refractivity contribution >= 4 is 17.3 Å². The summed E-state index contributed by atoms with van der Waals surface area (Å²) in [7, 11) is 0. The smallest absolute Gasteiger partial charge is 0.342 e. The number of hydrogen-bond acceptors (Lipinski definition) is 5. The van der Waals surface area contributed by atoms with E-state index in [2.05, 4.69) is 5.32 Å². The maximum Gasteiger partial charge on any atom is 0.342 e. The Kier molecular flexibility index (Phi) is 4.00. The van der Waals surface area contributed by atoms with E-state index in [1.54, 1.807) is 6.92 Å². The molecule has 0 bridgehead atoms. The van der Waals surface area contributed by atoms with Crippen LogP contribution in [0, 0.1) is 10.1 Å². The summed E-state index contributed by atoms with van der Waals surface area (Å²) in [5, 5.41) is 31.1. The Morgan fingerprint density at radius 1 is 1.59 bits per heavy atom. The predicted molar refractivity (Wildman–Crippen MR) is 60.2 cm³/mol. The Morgan fingerprint density at radius 3 is 2.71 bits per heavy atom. The van der Waals surface area contributed by atoms with Crippen LogP contribution in [0.15, 0.2) is 18.2 Å². The number of rotatable bonds is 5. The quantitative estimate of drug-likeness (QED) is 0.524. The van der Waals surface area contributed by atoms with E-state index in [1.807, 2.05) is 0 Å². The third-order valence-corrected chi connectivity index (χ3v) is 2.11. The fourth-order valence-corrected chi connectivity index (χ4v) is 1.28. The van der Waals surface area contributed by atoms with Crippen LogP contribution in [0.3, 0.4) is 0 Å². The van der Waals surface area contributed by atoms with Gasteiger partial charge in [0.05, 0.1) is 11.5 Å². The zero-order valence-electron chi connectivity index (χ0n) is 9.08. The molecule has 7 nitrogen and oxygen atoms in total. The number of aliphatic hydroxyl groups is 1. The largest absolute Gasteiger partial charge is 0.477 e. The van der Waals surface area contributed by atoms with E-state index in [-0.39, 0.29) is 18.2 Å². The third-order valence-electron chi connectivity index (χ3n) is 2.11. The molecule has 1 rings (SSSR count).